The molecule has 1 N–H and O–H groups in total. The third-order valence-corrected chi connectivity index (χ3v) is 7.84. The van der Waals surface area contributed by atoms with E-state index in [1.54, 1.807) is 51.1 Å². The second-order valence-corrected chi connectivity index (χ2v) is 14.5. The fourth-order valence-corrected chi connectivity index (χ4v) is 5.57. The van der Waals surface area contributed by atoms with Crippen LogP contribution in [0.15, 0.2) is 36.4 Å². The fraction of sp³-hybridized carbons (Fsp3) is 0.543. The van der Waals surface area contributed by atoms with Gasteiger partial charge in [-0.3, -0.25) is 19.4 Å². The summed E-state index contributed by atoms with van der Waals surface area (Å²) in [5.41, 5.74) is -3.07. The summed E-state index contributed by atoms with van der Waals surface area (Å²) in [5.74, 6) is -5.41. The smallest absolute Gasteiger partial charge is 0.471 e. The van der Waals surface area contributed by atoms with Gasteiger partial charge in [0, 0.05) is 31.1 Å². The molecule has 50 heavy (non-hydrogen) atoms. The number of ether oxygens (including phenoxy) is 3. The lowest BCUT2D eigenvalue weighted by Gasteiger charge is -2.32. The maximum absolute atomic E-state index is 16.8. The van der Waals surface area contributed by atoms with Crippen LogP contribution in [0, 0.1) is 11.7 Å². The number of alkyl halides is 3. The zero-order valence-corrected chi connectivity index (χ0v) is 28.9. The quantitative estimate of drug-likeness (QED) is 0.194. The highest BCUT2D eigenvalue weighted by molar-refractivity contribution is 6.03. The Balaban J connectivity index is 1.81. The second-order valence-electron chi connectivity index (χ2n) is 14.5. The molecule has 0 bridgehead atoms. The minimum atomic E-state index is -5.55. The number of anilines is 2. The summed E-state index contributed by atoms with van der Waals surface area (Å²) in [5, 5.41) is 10.3. The standard InChI is InChI=1S/C35H43F4N3O8/c1-33(2,3)49-27(43)19-41(30(44)35(37,38)39)29-26(48-20-22-10-8-7-9-11-22)17-25-24(28(29)36)16-23(42(25)31(45)46)18-40(15-14-21-12-13-21)32(47)50-34(4,5)6/h7-11,17,21,23H,12-16,18-20H2,1-6H3,(H,45,46)/t23-/m1/s1. The van der Waals surface area contributed by atoms with E-state index in [4.69, 9.17) is 14.2 Å². The lowest BCUT2D eigenvalue weighted by atomic mass is 10.1. The van der Waals surface area contributed by atoms with Gasteiger partial charge in [0.25, 0.3) is 0 Å². The van der Waals surface area contributed by atoms with Gasteiger partial charge in [-0.25, -0.2) is 14.0 Å². The number of carbonyl (C=O) groups is 4. The highest BCUT2D eigenvalue weighted by atomic mass is 19.4. The number of carboxylic acid groups (broad SMARTS) is 1. The van der Waals surface area contributed by atoms with Gasteiger partial charge in [0.1, 0.15) is 35.8 Å². The minimum Gasteiger partial charge on any atom is -0.487 e. The monoisotopic (exact) mass is 709 g/mol. The van der Waals surface area contributed by atoms with Gasteiger partial charge in [-0.05, 0) is 59.4 Å². The molecule has 0 unspecified atom stereocenters. The zero-order chi connectivity index (χ0) is 37.2. The SMILES string of the molecule is CC(C)(C)OC(=O)CN(C(=O)C(F)(F)F)c1c(OCc2ccccc2)cc2c(c1F)C[C@H](CN(CCC1CC1)C(=O)OC(C)(C)C)N2C(=O)O. The Bertz CT molecular complexity index is 1580. The molecule has 11 nitrogen and oxygen atoms in total. The van der Waals surface area contributed by atoms with Crippen molar-refractivity contribution in [3.8, 4) is 5.75 Å². The van der Waals surface area contributed by atoms with E-state index in [1.807, 2.05) is 0 Å². The lowest BCUT2D eigenvalue weighted by Crippen LogP contribution is -2.48. The van der Waals surface area contributed by atoms with E-state index in [0.29, 0.717) is 17.9 Å². The van der Waals surface area contributed by atoms with Crippen molar-refractivity contribution < 1.29 is 56.1 Å². The van der Waals surface area contributed by atoms with E-state index in [0.717, 1.165) is 23.8 Å². The van der Waals surface area contributed by atoms with Crippen LogP contribution in [-0.2, 0) is 32.1 Å². The van der Waals surface area contributed by atoms with Gasteiger partial charge in [0.2, 0.25) is 0 Å². The molecule has 1 fully saturated rings. The topological polar surface area (TPSA) is 126 Å². The first kappa shape index (κ1) is 38.2. The zero-order valence-electron chi connectivity index (χ0n) is 28.9. The first-order valence-electron chi connectivity index (χ1n) is 16.3. The molecule has 274 valence electrons. The van der Waals surface area contributed by atoms with E-state index >= 15 is 4.39 Å². The predicted molar refractivity (Wildman–Crippen MR) is 175 cm³/mol. The predicted octanol–water partition coefficient (Wildman–Crippen LogP) is 7.09. The Labute approximate surface area is 288 Å². The van der Waals surface area contributed by atoms with Crippen molar-refractivity contribution in [1.29, 1.82) is 0 Å². The number of halogens is 4. The van der Waals surface area contributed by atoms with Gasteiger partial charge in [0.05, 0.1) is 11.7 Å². The molecule has 15 heteroatoms. The maximum Gasteiger partial charge on any atom is 0.471 e. The number of fused-ring (bicyclic) bond motifs is 1. The number of hydrogen-bond acceptors (Lipinski definition) is 7. The summed E-state index contributed by atoms with van der Waals surface area (Å²) in [4.78, 5) is 53.7. The average molecular weight is 710 g/mol. The van der Waals surface area contributed by atoms with Crippen LogP contribution in [0.3, 0.4) is 0 Å². The molecule has 1 heterocycles. The van der Waals surface area contributed by atoms with E-state index in [9.17, 15) is 37.5 Å². The molecule has 0 radical (unpaired) electrons. The van der Waals surface area contributed by atoms with E-state index < -0.39 is 71.3 Å². The molecule has 0 saturated heterocycles. The van der Waals surface area contributed by atoms with Crippen LogP contribution in [-0.4, -0.2) is 77.1 Å². The molecular formula is C35H43F4N3O8. The van der Waals surface area contributed by atoms with Crippen LogP contribution in [0.5, 0.6) is 5.75 Å². The van der Waals surface area contributed by atoms with Gasteiger partial charge in [-0.15, -0.1) is 0 Å². The van der Waals surface area contributed by atoms with Crippen molar-refractivity contribution in [1.82, 2.24) is 4.90 Å². The van der Waals surface area contributed by atoms with Gasteiger partial charge in [0.15, 0.2) is 5.82 Å². The summed E-state index contributed by atoms with van der Waals surface area (Å²) in [6.45, 7) is 7.83. The Hall–Kier alpha value is -4.56. The minimum absolute atomic E-state index is 0.0922. The molecular weight excluding hydrogens is 666 g/mol. The molecule has 3 amide bonds. The molecule has 0 aromatic heterocycles. The van der Waals surface area contributed by atoms with Crippen LogP contribution in [0.4, 0.5) is 38.5 Å². The summed E-state index contributed by atoms with van der Waals surface area (Å²) < 4.78 is 75.4. The molecule has 1 aliphatic heterocycles. The normalized spacial score (nSPS) is 16.0. The number of esters is 1. The average Bonchev–Trinajstić information content (AvgIpc) is 3.74. The number of nitrogens with zero attached hydrogens (tertiary/aromatic N) is 3. The summed E-state index contributed by atoms with van der Waals surface area (Å²) in [7, 11) is 0. The Kier molecular flexibility index (Phi) is 11.3. The molecule has 1 aliphatic carbocycles. The third kappa shape index (κ3) is 10.0. The molecule has 2 aromatic rings. The van der Waals surface area contributed by atoms with Gasteiger partial charge < -0.3 is 24.2 Å². The van der Waals surface area contributed by atoms with Crippen LogP contribution in [0.25, 0.3) is 0 Å². The first-order chi connectivity index (χ1) is 23.1. The van der Waals surface area contributed by atoms with Gasteiger partial charge >= 0.3 is 30.2 Å². The molecule has 4 rings (SSSR count). The molecule has 1 saturated carbocycles. The third-order valence-electron chi connectivity index (χ3n) is 7.84. The van der Waals surface area contributed by atoms with Gasteiger partial charge in [-0.2, -0.15) is 13.2 Å². The first-order valence-corrected chi connectivity index (χ1v) is 16.3. The van der Waals surface area contributed by atoms with Crippen molar-refractivity contribution in [2.75, 3.05) is 29.4 Å². The number of carbonyl (C=O) groups excluding carboxylic acids is 3. The van der Waals surface area contributed by atoms with Crippen LogP contribution in [0.1, 0.15) is 71.9 Å². The summed E-state index contributed by atoms with van der Waals surface area (Å²) in [6, 6.07) is 8.27. The Morgan fingerprint density at radius 2 is 1.58 bits per heavy atom. The number of rotatable bonds is 11. The number of hydrogen-bond donors (Lipinski definition) is 1. The van der Waals surface area contributed by atoms with Crippen LogP contribution >= 0.6 is 0 Å². The van der Waals surface area contributed by atoms with E-state index in [-0.39, 0.29) is 42.3 Å². The summed E-state index contributed by atoms with van der Waals surface area (Å²) in [6.07, 6.45) is -5.51. The molecule has 2 aromatic carbocycles. The Morgan fingerprint density at radius 1 is 0.960 bits per heavy atom. The summed E-state index contributed by atoms with van der Waals surface area (Å²) >= 11 is 0. The largest absolute Gasteiger partial charge is 0.487 e. The molecule has 1 atom stereocenters. The maximum atomic E-state index is 16.8. The second kappa shape index (κ2) is 14.7. The molecule has 0 spiro atoms. The molecule has 2 aliphatic rings. The van der Waals surface area contributed by atoms with E-state index in [1.165, 1.54) is 25.7 Å². The lowest BCUT2D eigenvalue weighted by molar-refractivity contribution is -0.171. The van der Waals surface area contributed by atoms with Crippen molar-refractivity contribution in [3.05, 3.63) is 53.3 Å². The highest BCUT2D eigenvalue weighted by Crippen LogP contribution is 2.46. The van der Waals surface area contributed by atoms with Crippen molar-refractivity contribution in [2.45, 2.75) is 97.3 Å². The van der Waals surface area contributed by atoms with Crippen molar-refractivity contribution in [2.24, 2.45) is 5.92 Å². The van der Waals surface area contributed by atoms with Gasteiger partial charge in [-0.1, -0.05) is 43.2 Å². The number of amides is 3. The van der Waals surface area contributed by atoms with Crippen molar-refractivity contribution in [3.63, 3.8) is 0 Å². The van der Waals surface area contributed by atoms with E-state index in [2.05, 4.69) is 0 Å². The number of benzene rings is 2. The van der Waals surface area contributed by atoms with Crippen LogP contribution < -0.4 is 14.5 Å². The fourth-order valence-electron chi connectivity index (χ4n) is 5.57. The van der Waals surface area contributed by atoms with Crippen molar-refractivity contribution >= 4 is 35.4 Å². The highest BCUT2D eigenvalue weighted by Gasteiger charge is 2.47. The Morgan fingerprint density at radius 3 is 2.12 bits per heavy atom. The van der Waals surface area contributed by atoms with Crippen LogP contribution in [0.2, 0.25) is 0 Å².